The Kier molecular flexibility index (Phi) is 4.66. The number of methoxy groups -OCH3 is 2. The van der Waals surface area contributed by atoms with Gasteiger partial charge < -0.3 is 20.9 Å². The molecule has 0 bridgehead atoms. The van der Waals surface area contributed by atoms with Gasteiger partial charge in [-0.05, 0) is 36.1 Å². The number of allylic oxidation sites excluding steroid dienone is 5. The highest BCUT2D eigenvalue weighted by molar-refractivity contribution is 5.46. The molecule has 0 fully saturated rings. The Bertz CT molecular complexity index is 456. The van der Waals surface area contributed by atoms with Crippen LogP contribution in [0, 0.1) is 0 Å². The minimum absolute atomic E-state index is 0.372. The molecule has 0 saturated heterocycles. The monoisotopic (exact) mass is 248 g/mol. The van der Waals surface area contributed by atoms with Crippen LogP contribution in [0.15, 0.2) is 59.4 Å². The molecule has 0 aliphatic heterocycles. The van der Waals surface area contributed by atoms with Crippen molar-refractivity contribution in [1.29, 1.82) is 0 Å². The Morgan fingerprint density at radius 2 is 2.00 bits per heavy atom. The van der Waals surface area contributed by atoms with Crippen LogP contribution in [0.2, 0.25) is 0 Å². The first-order valence-electron chi connectivity index (χ1n) is 5.62. The predicted molar refractivity (Wildman–Crippen MR) is 73.1 cm³/mol. The molecule has 0 amide bonds. The van der Waals surface area contributed by atoms with Crippen LogP contribution in [0.4, 0.5) is 0 Å². The van der Waals surface area contributed by atoms with Crippen molar-refractivity contribution in [1.82, 2.24) is 0 Å². The maximum absolute atomic E-state index is 5.83. The molecule has 0 heterocycles. The van der Waals surface area contributed by atoms with E-state index in [-0.39, 0.29) is 0 Å². The number of nitrogens with two attached hydrogens (primary N) is 2. The third-order valence-corrected chi connectivity index (χ3v) is 2.76. The van der Waals surface area contributed by atoms with E-state index in [9.17, 15) is 0 Å². The first-order valence-corrected chi connectivity index (χ1v) is 5.62. The topological polar surface area (TPSA) is 70.5 Å². The van der Waals surface area contributed by atoms with Gasteiger partial charge in [-0.2, -0.15) is 0 Å². The lowest BCUT2D eigenvalue weighted by Crippen LogP contribution is -2.09. The summed E-state index contributed by atoms with van der Waals surface area (Å²) in [7, 11) is 3.15. The molecule has 0 radical (unpaired) electrons. The molecule has 98 valence electrons. The highest BCUT2D eigenvalue weighted by Gasteiger charge is 2.13. The normalized spacial score (nSPS) is 16.1. The zero-order valence-corrected chi connectivity index (χ0v) is 11.0. The second-order valence-electron chi connectivity index (χ2n) is 4.03. The number of hydrogen-bond donors (Lipinski definition) is 2. The molecule has 1 aliphatic carbocycles. The Morgan fingerprint density at radius 1 is 1.33 bits per heavy atom. The molecule has 1 aliphatic rings. The van der Waals surface area contributed by atoms with Crippen molar-refractivity contribution in [3.05, 3.63) is 59.4 Å². The lowest BCUT2D eigenvalue weighted by molar-refractivity contribution is 0.297. The number of ether oxygens (including phenoxy) is 2. The summed E-state index contributed by atoms with van der Waals surface area (Å²) < 4.78 is 10.3. The lowest BCUT2D eigenvalue weighted by atomic mass is 9.95. The molecule has 0 saturated carbocycles. The maximum Gasteiger partial charge on any atom is 0.141 e. The van der Waals surface area contributed by atoms with Crippen molar-refractivity contribution in [3.8, 4) is 0 Å². The summed E-state index contributed by atoms with van der Waals surface area (Å²) in [6.07, 6.45) is 5.24. The van der Waals surface area contributed by atoms with Crippen LogP contribution < -0.4 is 11.5 Å². The van der Waals surface area contributed by atoms with Gasteiger partial charge >= 0.3 is 0 Å². The average molecular weight is 248 g/mol. The highest BCUT2D eigenvalue weighted by Crippen LogP contribution is 2.27. The third-order valence-electron chi connectivity index (χ3n) is 2.76. The molecule has 4 heteroatoms. The van der Waals surface area contributed by atoms with Crippen LogP contribution in [-0.4, -0.2) is 14.2 Å². The van der Waals surface area contributed by atoms with E-state index in [2.05, 4.69) is 13.2 Å². The molecule has 0 aromatic rings. The predicted octanol–water partition coefficient (Wildman–Crippen LogP) is 2.08. The second kappa shape index (κ2) is 6.00. The smallest absolute Gasteiger partial charge is 0.141 e. The minimum Gasteiger partial charge on any atom is -0.495 e. The third kappa shape index (κ3) is 3.20. The fraction of sp³-hybridized carbons (Fsp3) is 0.286. The van der Waals surface area contributed by atoms with Crippen molar-refractivity contribution >= 4 is 0 Å². The van der Waals surface area contributed by atoms with Crippen molar-refractivity contribution in [2.75, 3.05) is 14.2 Å². The summed E-state index contributed by atoms with van der Waals surface area (Å²) in [5, 5.41) is 0. The van der Waals surface area contributed by atoms with Gasteiger partial charge in [0.2, 0.25) is 0 Å². The maximum atomic E-state index is 5.83. The van der Waals surface area contributed by atoms with Crippen molar-refractivity contribution < 1.29 is 9.47 Å². The van der Waals surface area contributed by atoms with Gasteiger partial charge in [-0.3, -0.25) is 0 Å². The molecule has 0 unspecified atom stereocenters. The summed E-state index contributed by atoms with van der Waals surface area (Å²) >= 11 is 0. The van der Waals surface area contributed by atoms with E-state index >= 15 is 0 Å². The molecule has 0 aromatic carbocycles. The Morgan fingerprint density at radius 3 is 2.50 bits per heavy atom. The molecular weight excluding hydrogens is 228 g/mol. The lowest BCUT2D eigenvalue weighted by Gasteiger charge is -2.17. The summed E-state index contributed by atoms with van der Waals surface area (Å²) in [6, 6.07) is 0. The fourth-order valence-electron chi connectivity index (χ4n) is 1.69. The van der Waals surface area contributed by atoms with Gasteiger partial charge in [0.25, 0.3) is 0 Å². The summed E-state index contributed by atoms with van der Waals surface area (Å²) in [6.45, 7) is 7.64. The number of rotatable bonds is 5. The van der Waals surface area contributed by atoms with Gasteiger partial charge in [0, 0.05) is 0 Å². The first kappa shape index (κ1) is 14.0. The van der Waals surface area contributed by atoms with Gasteiger partial charge in [-0.15, -0.1) is 0 Å². The Balaban J connectivity index is 2.96. The molecule has 18 heavy (non-hydrogen) atoms. The Labute approximate surface area is 108 Å². The molecule has 0 aromatic heterocycles. The SMILES string of the molecule is C=C(/C=C(/OC)C(=C)N)C1=CC(OC)=C(N)CC1. The Hall–Kier alpha value is -2.10. The van der Waals surface area contributed by atoms with Gasteiger partial charge in [0.05, 0.1) is 25.6 Å². The zero-order valence-electron chi connectivity index (χ0n) is 11.0. The van der Waals surface area contributed by atoms with Crippen LogP contribution in [0.3, 0.4) is 0 Å². The average Bonchev–Trinajstić information content (AvgIpc) is 2.35. The van der Waals surface area contributed by atoms with E-state index in [1.54, 1.807) is 20.3 Å². The van der Waals surface area contributed by atoms with E-state index in [4.69, 9.17) is 20.9 Å². The van der Waals surface area contributed by atoms with Crippen LogP contribution in [-0.2, 0) is 9.47 Å². The quantitative estimate of drug-likeness (QED) is 0.577. The standard InChI is InChI=1S/C14H20N2O2/c1-9(7-13(17-3)10(2)15)11-5-6-12(16)14(8-11)18-4/h7-8H,1-2,5-6,15-16H2,3-4H3/b13-7+. The van der Waals surface area contributed by atoms with E-state index in [0.29, 0.717) is 17.2 Å². The van der Waals surface area contributed by atoms with Crippen molar-refractivity contribution in [3.63, 3.8) is 0 Å². The van der Waals surface area contributed by atoms with Crippen LogP contribution in [0.25, 0.3) is 0 Å². The molecule has 4 N–H and O–H groups in total. The van der Waals surface area contributed by atoms with E-state index in [1.165, 1.54) is 0 Å². The van der Waals surface area contributed by atoms with Crippen molar-refractivity contribution in [2.24, 2.45) is 11.5 Å². The van der Waals surface area contributed by atoms with Gasteiger partial charge in [0.15, 0.2) is 0 Å². The molecule has 0 atom stereocenters. The highest BCUT2D eigenvalue weighted by atomic mass is 16.5. The van der Waals surface area contributed by atoms with E-state index in [1.807, 2.05) is 6.08 Å². The van der Waals surface area contributed by atoms with Gasteiger partial charge in [-0.1, -0.05) is 13.2 Å². The molecule has 1 rings (SSSR count). The fourth-order valence-corrected chi connectivity index (χ4v) is 1.69. The van der Waals surface area contributed by atoms with E-state index in [0.717, 1.165) is 29.7 Å². The molecular formula is C14H20N2O2. The first-order chi connectivity index (χ1) is 8.49. The summed E-state index contributed by atoms with van der Waals surface area (Å²) in [5.41, 5.74) is 14.4. The number of hydrogen-bond acceptors (Lipinski definition) is 4. The van der Waals surface area contributed by atoms with Crippen LogP contribution in [0.1, 0.15) is 12.8 Å². The van der Waals surface area contributed by atoms with Crippen molar-refractivity contribution in [2.45, 2.75) is 12.8 Å². The minimum atomic E-state index is 0.372. The van der Waals surface area contributed by atoms with Crippen LogP contribution >= 0.6 is 0 Å². The van der Waals surface area contributed by atoms with Gasteiger partial charge in [0.1, 0.15) is 11.5 Å². The second-order valence-corrected chi connectivity index (χ2v) is 4.03. The van der Waals surface area contributed by atoms with Crippen LogP contribution in [0.5, 0.6) is 0 Å². The summed E-state index contributed by atoms with van der Waals surface area (Å²) in [5.74, 6) is 1.21. The molecule has 0 spiro atoms. The van der Waals surface area contributed by atoms with Gasteiger partial charge in [-0.25, -0.2) is 0 Å². The van der Waals surface area contributed by atoms with E-state index < -0.39 is 0 Å². The largest absolute Gasteiger partial charge is 0.495 e. The molecule has 4 nitrogen and oxygen atoms in total. The summed E-state index contributed by atoms with van der Waals surface area (Å²) in [4.78, 5) is 0. The zero-order chi connectivity index (χ0) is 13.7.